The largest absolute Gasteiger partial charge is 0.507 e. The molecule has 3 aliphatic rings. The number of ketones is 2. The lowest BCUT2D eigenvalue weighted by Gasteiger charge is -2.55. The van der Waals surface area contributed by atoms with Gasteiger partial charge in [0.2, 0.25) is 11.6 Å². The van der Waals surface area contributed by atoms with Crippen molar-refractivity contribution >= 4 is 43.5 Å². The number of carbonyl (C=O) groups is 3. The zero-order valence-corrected chi connectivity index (χ0v) is 31.7. The number of nitrogens with zero attached hydrogens (tertiary/aromatic N) is 2. The van der Waals surface area contributed by atoms with E-state index in [1.54, 1.807) is 0 Å². The molecule has 1 aromatic heterocycles. The van der Waals surface area contributed by atoms with Crippen molar-refractivity contribution in [3.8, 4) is 11.6 Å². The van der Waals surface area contributed by atoms with Crippen LogP contribution in [-0.2, 0) is 15.6 Å². The Kier molecular flexibility index (Phi) is 10.3. The highest BCUT2D eigenvalue weighted by Gasteiger charge is 2.69. The second kappa shape index (κ2) is 13.6. The van der Waals surface area contributed by atoms with Crippen molar-refractivity contribution in [1.82, 2.24) is 10.1 Å². The molecule has 1 N–H and O–H groups in total. The molecular formula is C36H48ClFN2O8Si. The number of aromatic nitrogens is 1. The van der Waals surface area contributed by atoms with Gasteiger partial charge >= 0.3 is 0 Å². The van der Waals surface area contributed by atoms with Crippen molar-refractivity contribution in [2.75, 3.05) is 27.3 Å². The minimum absolute atomic E-state index is 0.000858. The summed E-state index contributed by atoms with van der Waals surface area (Å²) in [5.74, 6) is -4.33. The number of aliphatic hydroxyl groups is 1. The number of ether oxygens (including phenoxy) is 2. The van der Waals surface area contributed by atoms with E-state index < -0.39 is 60.0 Å². The van der Waals surface area contributed by atoms with Gasteiger partial charge in [0, 0.05) is 11.5 Å². The van der Waals surface area contributed by atoms with Crippen LogP contribution in [0.25, 0.3) is 5.76 Å². The van der Waals surface area contributed by atoms with E-state index in [2.05, 4.69) is 5.16 Å². The van der Waals surface area contributed by atoms with E-state index in [1.807, 2.05) is 66.7 Å². The summed E-state index contributed by atoms with van der Waals surface area (Å²) in [6.07, 6.45) is 3.54. The maximum Gasteiger partial charge on any atom is 0.265 e. The Morgan fingerprint density at radius 1 is 1.10 bits per heavy atom. The Bertz CT molecular complexity index is 1700. The van der Waals surface area contributed by atoms with Gasteiger partial charge in [-0.15, -0.1) is 0 Å². The van der Waals surface area contributed by atoms with Gasteiger partial charge in [0.25, 0.3) is 5.88 Å². The first-order valence-corrected chi connectivity index (χ1v) is 20.4. The van der Waals surface area contributed by atoms with Crippen LogP contribution >= 0.6 is 11.6 Å². The van der Waals surface area contributed by atoms with E-state index in [9.17, 15) is 9.90 Å². The molecular weight excluding hydrogens is 671 g/mol. The maximum atomic E-state index is 15.9. The second-order valence-corrected chi connectivity index (χ2v) is 20.2. The molecule has 3 aliphatic carbocycles. The summed E-state index contributed by atoms with van der Waals surface area (Å²) in [6.45, 7) is 14.4. The Morgan fingerprint density at radius 3 is 2.31 bits per heavy atom. The van der Waals surface area contributed by atoms with Gasteiger partial charge in [-0.2, -0.15) is 0 Å². The van der Waals surface area contributed by atoms with Crippen LogP contribution < -0.4 is 9.47 Å². The minimum Gasteiger partial charge on any atom is -0.507 e. The fourth-order valence-corrected chi connectivity index (χ4v) is 8.92. The van der Waals surface area contributed by atoms with Gasteiger partial charge in [-0.25, -0.2) is 4.39 Å². The van der Waals surface area contributed by atoms with E-state index in [0.29, 0.717) is 24.9 Å². The zero-order valence-electron chi connectivity index (χ0n) is 29.9. The predicted octanol–water partition coefficient (Wildman–Crippen LogP) is 7.93. The first-order chi connectivity index (χ1) is 23.0. The summed E-state index contributed by atoms with van der Waals surface area (Å²) in [5, 5.41) is 15.7. The van der Waals surface area contributed by atoms with E-state index in [-0.39, 0.29) is 64.1 Å². The van der Waals surface area contributed by atoms with E-state index in [4.69, 9.17) is 30.0 Å². The normalized spacial score (nSPS) is 23.6. The molecule has 49 heavy (non-hydrogen) atoms. The Morgan fingerprint density at radius 2 is 1.73 bits per heavy atom. The van der Waals surface area contributed by atoms with Gasteiger partial charge in [0.1, 0.15) is 11.3 Å². The first kappa shape index (κ1) is 37.2. The number of hydrogen-bond acceptors (Lipinski definition) is 10. The first-order valence-electron chi connectivity index (χ1n) is 17.1. The zero-order chi connectivity index (χ0) is 36.2. The molecule has 5 rings (SSSR count). The monoisotopic (exact) mass is 718 g/mol. The number of unbranched alkanes of at least 4 members (excludes halogenated alkanes) is 2. The molecule has 0 aliphatic heterocycles. The molecule has 268 valence electrons. The third-order valence-electron chi connectivity index (χ3n) is 10.7. The van der Waals surface area contributed by atoms with Gasteiger partial charge in [0.15, 0.2) is 37.5 Å². The number of benzene rings is 1. The lowest BCUT2D eigenvalue weighted by Crippen LogP contribution is -2.68. The van der Waals surface area contributed by atoms with Crippen LogP contribution in [0, 0.1) is 17.7 Å². The maximum absolute atomic E-state index is 15.9. The molecule has 0 bridgehead atoms. The van der Waals surface area contributed by atoms with Crippen molar-refractivity contribution in [3.63, 3.8) is 0 Å². The Hall–Kier alpha value is -3.06. The van der Waals surface area contributed by atoms with Crippen molar-refractivity contribution < 1.29 is 42.3 Å². The van der Waals surface area contributed by atoms with Crippen LogP contribution in [0.4, 0.5) is 4.39 Å². The summed E-state index contributed by atoms with van der Waals surface area (Å²) in [6, 6.07) is -0.635. The predicted molar refractivity (Wildman–Crippen MR) is 186 cm³/mol. The third-order valence-corrected chi connectivity index (χ3v) is 15.6. The molecule has 1 heterocycles. The van der Waals surface area contributed by atoms with Crippen LogP contribution in [-0.4, -0.2) is 74.2 Å². The van der Waals surface area contributed by atoms with E-state index >= 15 is 14.0 Å². The van der Waals surface area contributed by atoms with Crippen LogP contribution in [0.2, 0.25) is 23.2 Å². The molecule has 0 spiro atoms. The number of aliphatic hydroxyl groups excluding tert-OH is 1. The number of carbonyl (C=O) groups excluding carboxylic acids is 3. The fourth-order valence-electron chi connectivity index (χ4n) is 7.17. The molecule has 0 amide bonds. The molecule has 13 heteroatoms. The van der Waals surface area contributed by atoms with Crippen molar-refractivity contribution in [1.29, 1.82) is 0 Å². The molecule has 0 saturated heterocycles. The molecule has 1 saturated carbocycles. The SMILES string of the molecule is CCCCOc1noc2c1C(=O)[C@@]1(O[Si](C)(C)C(C)(C)C)C(=O)C3=C(O)c4c(c(Cl)c(C=O)c(F)c4OCCCC)C[C@H]3C[C@H]1[C@@H]2N(C)C. The number of fused-ring (bicyclic) bond motifs is 4. The smallest absolute Gasteiger partial charge is 0.265 e. The van der Waals surface area contributed by atoms with Gasteiger partial charge in [-0.05, 0) is 74.5 Å². The average Bonchev–Trinajstić information content (AvgIpc) is 3.43. The summed E-state index contributed by atoms with van der Waals surface area (Å²) in [7, 11) is 0.747. The number of aldehydes is 1. The van der Waals surface area contributed by atoms with Crippen molar-refractivity contribution in [2.45, 2.75) is 103 Å². The molecule has 4 atom stereocenters. The number of Topliss-reactive ketones (excluding diaryl/α,β-unsaturated/α-hetero) is 2. The quantitative estimate of drug-likeness (QED) is 0.100. The number of halogens is 2. The van der Waals surface area contributed by atoms with E-state index in [1.165, 1.54) is 0 Å². The lowest BCUT2D eigenvalue weighted by molar-refractivity contribution is -0.140. The van der Waals surface area contributed by atoms with Gasteiger partial charge in [-0.3, -0.25) is 19.3 Å². The highest BCUT2D eigenvalue weighted by Crippen LogP contribution is 2.59. The number of hydrogen-bond donors (Lipinski definition) is 1. The average molecular weight is 719 g/mol. The van der Waals surface area contributed by atoms with Crippen LogP contribution in [0.3, 0.4) is 0 Å². The standard InChI is InChI=1S/C36H48ClFN2O8Si/c1-10-12-14-45-30-24-20(26(37)21(18-41)27(30)38)16-19-17-22-28(40(6)7)31-25(34(39-47-31)46-15-13-11-2)33(44)36(22,32(43)23(19)29(24)42)48-49(8,9)35(3,4)5/h18-19,22,28,42H,10-17H2,1-9H3/t19-,22-,28-,36-/m0/s1. The molecule has 0 unspecified atom stereocenters. The molecule has 10 nitrogen and oxygen atoms in total. The highest BCUT2D eigenvalue weighted by molar-refractivity contribution is 6.74. The molecule has 0 radical (unpaired) electrons. The van der Waals surface area contributed by atoms with Crippen LogP contribution in [0.5, 0.6) is 11.6 Å². The summed E-state index contributed by atoms with van der Waals surface area (Å²) in [4.78, 5) is 44.5. The fraction of sp³-hybridized carbons (Fsp3) is 0.611. The van der Waals surface area contributed by atoms with Crippen molar-refractivity contribution in [3.05, 3.63) is 44.4 Å². The Labute approximate surface area is 293 Å². The Balaban J connectivity index is 1.80. The number of rotatable bonds is 12. The summed E-state index contributed by atoms with van der Waals surface area (Å²) in [5.41, 5.74) is -2.21. The molecule has 2 aromatic rings. The minimum atomic E-state index is -2.92. The van der Waals surface area contributed by atoms with E-state index in [0.717, 1.165) is 19.3 Å². The van der Waals surface area contributed by atoms with Gasteiger partial charge in [0.05, 0.1) is 35.4 Å². The third kappa shape index (κ3) is 5.86. The second-order valence-electron chi connectivity index (χ2n) is 15.1. The summed E-state index contributed by atoms with van der Waals surface area (Å²) >= 11 is 6.66. The molecule has 1 fully saturated rings. The topological polar surface area (TPSA) is 128 Å². The van der Waals surface area contributed by atoms with Crippen LogP contribution in [0.1, 0.15) is 110 Å². The highest BCUT2D eigenvalue weighted by atomic mass is 35.5. The summed E-state index contributed by atoms with van der Waals surface area (Å²) < 4.78 is 40.6. The van der Waals surface area contributed by atoms with Gasteiger partial charge in [-0.1, -0.05) is 59.1 Å². The van der Waals surface area contributed by atoms with Gasteiger partial charge < -0.3 is 23.5 Å². The van der Waals surface area contributed by atoms with Crippen molar-refractivity contribution in [2.24, 2.45) is 11.8 Å². The molecule has 1 aromatic carbocycles. The van der Waals surface area contributed by atoms with Crippen LogP contribution in [0.15, 0.2) is 10.1 Å². The lowest BCUT2D eigenvalue weighted by atomic mass is 9.57.